The molecule has 0 saturated carbocycles. The number of rotatable bonds is 16. The lowest BCUT2D eigenvalue weighted by molar-refractivity contribution is -0.137. The molecule has 0 aromatic rings. The Morgan fingerprint density at radius 1 is 0.870 bits per heavy atom. The van der Waals surface area contributed by atoms with Gasteiger partial charge < -0.3 is 5.11 Å². The second-order valence-electron chi connectivity index (χ2n) is 6.68. The molecule has 0 rings (SSSR count). The zero-order chi connectivity index (χ0) is 17.2. The van der Waals surface area contributed by atoms with E-state index in [2.05, 4.69) is 38.2 Å². The number of carbonyl (C=O) groups is 1. The van der Waals surface area contributed by atoms with E-state index in [1.165, 1.54) is 44.9 Å². The van der Waals surface area contributed by atoms with Gasteiger partial charge in [-0.3, -0.25) is 4.79 Å². The minimum atomic E-state index is -0.670. The monoisotopic (exact) mass is 322 g/mol. The van der Waals surface area contributed by atoms with Crippen LogP contribution in [0.5, 0.6) is 0 Å². The van der Waals surface area contributed by atoms with Gasteiger partial charge in [-0.05, 0) is 44.4 Å². The molecule has 0 aliphatic heterocycles. The van der Waals surface area contributed by atoms with Crippen LogP contribution in [0.15, 0.2) is 24.3 Å². The third-order valence-corrected chi connectivity index (χ3v) is 4.38. The van der Waals surface area contributed by atoms with Gasteiger partial charge in [-0.2, -0.15) is 0 Å². The minimum Gasteiger partial charge on any atom is -0.481 e. The summed E-state index contributed by atoms with van der Waals surface area (Å²) in [5.41, 5.74) is 0. The van der Waals surface area contributed by atoms with E-state index in [-0.39, 0.29) is 0 Å². The van der Waals surface area contributed by atoms with E-state index in [1.54, 1.807) is 0 Å². The molecule has 1 atom stereocenters. The summed E-state index contributed by atoms with van der Waals surface area (Å²) in [6.07, 6.45) is 23.8. The van der Waals surface area contributed by atoms with E-state index in [9.17, 15) is 4.79 Å². The summed E-state index contributed by atoms with van der Waals surface area (Å²) in [5.74, 6) is 0.218. The Labute approximate surface area is 144 Å². The van der Waals surface area contributed by atoms with E-state index in [4.69, 9.17) is 5.11 Å². The molecular weight excluding hydrogens is 284 g/mol. The fraction of sp³-hybridized carbons (Fsp3) is 0.762. The van der Waals surface area contributed by atoms with Crippen LogP contribution in [0.1, 0.15) is 97.3 Å². The topological polar surface area (TPSA) is 37.3 Å². The Balaban J connectivity index is 3.24. The van der Waals surface area contributed by atoms with Gasteiger partial charge in [0.25, 0.3) is 0 Å². The van der Waals surface area contributed by atoms with Crippen LogP contribution in [0.4, 0.5) is 0 Å². The maximum Gasteiger partial charge on any atom is 0.303 e. The van der Waals surface area contributed by atoms with Crippen molar-refractivity contribution in [2.45, 2.75) is 97.3 Å². The zero-order valence-corrected chi connectivity index (χ0v) is 15.4. The van der Waals surface area contributed by atoms with Crippen LogP contribution in [0.2, 0.25) is 0 Å². The molecular formula is C21H38O2. The standard InChI is InChI=1S/C21H38O2/c1-3-20(2)18-16-14-12-10-8-6-4-5-7-9-11-13-15-17-19-21(22)23/h4-5,8,10,20H,3,6-7,9,11-19H2,1-2H3,(H,22,23)/b5-4-,10-8-. The molecule has 0 spiro atoms. The molecule has 0 amide bonds. The van der Waals surface area contributed by atoms with Crippen molar-refractivity contribution in [2.75, 3.05) is 0 Å². The second kappa shape index (κ2) is 17.3. The largest absolute Gasteiger partial charge is 0.481 e. The van der Waals surface area contributed by atoms with Gasteiger partial charge in [0.1, 0.15) is 0 Å². The summed E-state index contributed by atoms with van der Waals surface area (Å²) < 4.78 is 0. The first kappa shape index (κ1) is 21.9. The smallest absolute Gasteiger partial charge is 0.303 e. The van der Waals surface area contributed by atoms with Gasteiger partial charge in [-0.1, -0.05) is 76.7 Å². The van der Waals surface area contributed by atoms with Crippen LogP contribution in [0, 0.1) is 5.92 Å². The normalized spacial score (nSPS) is 13.1. The summed E-state index contributed by atoms with van der Waals surface area (Å²) in [6, 6.07) is 0. The average Bonchev–Trinajstić information content (AvgIpc) is 2.53. The molecule has 0 aromatic heterocycles. The van der Waals surface area contributed by atoms with Gasteiger partial charge in [-0.15, -0.1) is 0 Å². The maximum atomic E-state index is 10.4. The van der Waals surface area contributed by atoms with Crippen LogP contribution < -0.4 is 0 Å². The van der Waals surface area contributed by atoms with Crippen molar-refractivity contribution in [2.24, 2.45) is 5.92 Å². The Bertz CT molecular complexity index is 318. The van der Waals surface area contributed by atoms with E-state index in [1.807, 2.05) is 0 Å². The summed E-state index contributed by atoms with van der Waals surface area (Å²) in [4.78, 5) is 10.4. The first-order chi connectivity index (χ1) is 11.2. The van der Waals surface area contributed by atoms with Gasteiger partial charge in [0.2, 0.25) is 0 Å². The van der Waals surface area contributed by atoms with Crippen LogP contribution in [-0.4, -0.2) is 11.1 Å². The van der Waals surface area contributed by atoms with Gasteiger partial charge in [0.15, 0.2) is 0 Å². The fourth-order valence-corrected chi connectivity index (χ4v) is 2.53. The van der Waals surface area contributed by atoms with Crippen molar-refractivity contribution in [1.29, 1.82) is 0 Å². The molecule has 23 heavy (non-hydrogen) atoms. The third-order valence-electron chi connectivity index (χ3n) is 4.38. The molecule has 0 aliphatic rings. The number of allylic oxidation sites excluding steroid dienone is 4. The number of unbranched alkanes of at least 4 members (excludes halogenated alkanes) is 7. The number of hydrogen-bond acceptors (Lipinski definition) is 1. The Morgan fingerprint density at radius 3 is 2.04 bits per heavy atom. The highest BCUT2D eigenvalue weighted by Crippen LogP contribution is 2.12. The quantitative estimate of drug-likeness (QED) is 0.247. The lowest BCUT2D eigenvalue weighted by atomic mass is 10.0. The predicted octanol–water partition coefficient (Wildman–Crippen LogP) is 6.91. The molecule has 0 saturated heterocycles. The molecule has 134 valence electrons. The minimum absolute atomic E-state index is 0.323. The first-order valence-corrected chi connectivity index (χ1v) is 9.68. The molecule has 0 aliphatic carbocycles. The predicted molar refractivity (Wildman–Crippen MR) is 101 cm³/mol. The number of carboxylic acid groups (broad SMARTS) is 1. The highest BCUT2D eigenvalue weighted by Gasteiger charge is 1.97. The second-order valence-corrected chi connectivity index (χ2v) is 6.68. The molecule has 2 heteroatoms. The number of aliphatic carboxylic acids is 1. The SMILES string of the molecule is CCC(C)CCCC/C=C\C/C=C\CCCCCCCC(=O)O. The maximum absolute atomic E-state index is 10.4. The molecule has 0 heterocycles. The van der Waals surface area contributed by atoms with Crippen LogP contribution >= 0.6 is 0 Å². The van der Waals surface area contributed by atoms with Crippen molar-refractivity contribution in [3.05, 3.63) is 24.3 Å². The van der Waals surface area contributed by atoms with E-state index < -0.39 is 5.97 Å². The van der Waals surface area contributed by atoms with Gasteiger partial charge in [-0.25, -0.2) is 0 Å². The summed E-state index contributed by atoms with van der Waals surface area (Å²) in [6.45, 7) is 4.62. The van der Waals surface area contributed by atoms with Crippen molar-refractivity contribution in [3.8, 4) is 0 Å². The van der Waals surface area contributed by atoms with Crippen molar-refractivity contribution >= 4 is 5.97 Å². The highest BCUT2D eigenvalue weighted by molar-refractivity contribution is 5.66. The number of carboxylic acids is 1. The Hall–Kier alpha value is -1.05. The van der Waals surface area contributed by atoms with Crippen molar-refractivity contribution < 1.29 is 9.90 Å². The van der Waals surface area contributed by atoms with E-state index in [0.717, 1.165) is 38.0 Å². The van der Waals surface area contributed by atoms with Crippen molar-refractivity contribution in [3.63, 3.8) is 0 Å². The Morgan fingerprint density at radius 2 is 1.43 bits per heavy atom. The molecule has 0 fully saturated rings. The van der Waals surface area contributed by atoms with Gasteiger partial charge in [0.05, 0.1) is 0 Å². The third kappa shape index (κ3) is 18.9. The fourth-order valence-electron chi connectivity index (χ4n) is 2.53. The molecule has 0 radical (unpaired) electrons. The highest BCUT2D eigenvalue weighted by atomic mass is 16.4. The summed E-state index contributed by atoms with van der Waals surface area (Å²) in [7, 11) is 0. The zero-order valence-electron chi connectivity index (χ0n) is 15.4. The number of hydrogen-bond donors (Lipinski definition) is 1. The van der Waals surface area contributed by atoms with Crippen LogP contribution in [0.3, 0.4) is 0 Å². The molecule has 1 unspecified atom stereocenters. The van der Waals surface area contributed by atoms with Crippen LogP contribution in [-0.2, 0) is 4.79 Å². The molecule has 2 nitrogen and oxygen atoms in total. The van der Waals surface area contributed by atoms with Crippen molar-refractivity contribution in [1.82, 2.24) is 0 Å². The average molecular weight is 323 g/mol. The van der Waals surface area contributed by atoms with E-state index >= 15 is 0 Å². The lowest BCUT2D eigenvalue weighted by Gasteiger charge is -2.05. The first-order valence-electron chi connectivity index (χ1n) is 9.68. The summed E-state index contributed by atoms with van der Waals surface area (Å²) in [5, 5.41) is 8.53. The van der Waals surface area contributed by atoms with Crippen LogP contribution in [0.25, 0.3) is 0 Å². The summed E-state index contributed by atoms with van der Waals surface area (Å²) >= 11 is 0. The lowest BCUT2D eigenvalue weighted by Crippen LogP contribution is -1.93. The Kier molecular flexibility index (Phi) is 16.5. The van der Waals surface area contributed by atoms with Gasteiger partial charge >= 0.3 is 5.97 Å². The van der Waals surface area contributed by atoms with Gasteiger partial charge in [0, 0.05) is 6.42 Å². The van der Waals surface area contributed by atoms with E-state index in [0.29, 0.717) is 6.42 Å². The molecule has 1 N–H and O–H groups in total. The molecule has 0 aromatic carbocycles. The molecule has 0 bridgehead atoms.